The molecule has 0 saturated carbocycles. The number of amides is 2. The van der Waals surface area contributed by atoms with E-state index in [0.717, 1.165) is 5.56 Å². The molecule has 5 rings (SSSR count). The number of carbonyl (C=O) groups is 1. The van der Waals surface area contributed by atoms with E-state index in [1.807, 2.05) is 0 Å². The number of aromatic nitrogens is 4. The van der Waals surface area contributed by atoms with Crippen LogP contribution in [0, 0.1) is 11.6 Å². The standard InChI is InChI=1S/C25H20F2N6O2/c1-2-28-25(35)31-24-29-20-8-4-14(11-22(20)30-24)17-9-13(3-7-19(17)27)10-21-18-12-15(26)5-6-16(18)23(34)33-32-21/h3-9,11-12H,2,10H2,1H3,(H,33,34)(H3,28,29,30,31,35). The molecule has 0 bridgehead atoms. The molecule has 0 aliphatic rings. The first kappa shape index (κ1) is 22.2. The number of benzene rings is 3. The lowest BCUT2D eigenvalue weighted by Gasteiger charge is -2.09. The Morgan fingerprint density at radius 1 is 1.03 bits per heavy atom. The van der Waals surface area contributed by atoms with Gasteiger partial charge in [0.1, 0.15) is 11.6 Å². The van der Waals surface area contributed by atoms with E-state index in [1.54, 1.807) is 37.3 Å². The molecule has 3 aromatic carbocycles. The fourth-order valence-corrected chi connectivity index (χ4v) is 3.97. The number of rotatable bonds is 5. The molecule has 176 valence electrons. The summed E-state index contributed by atoms with van der Waals surface area (Å²) in [4.78, 5) is 31.2. The summed E-state index contributed by atoms with van der Waals surface area (Å²) >= 11 is 0. The Morgan fingerprint density at radius 2 is 1.89 bits per heavy atom. The van der Waals surface area contributed by atoms with E-state index in [1.165, 1.54) is 24.3 Å². The summed E-state index contributed by atoms with van der Waals surface area (Å²) < 4.78 is 28.6. The van der Waals surface area contributed by atoms with Crippen LogP contribution in [-0.4, -0.2) is 32.7 Å². The first-order chi connectivity index (χ1) is 16.9. The molecule has 0 atom stereocenters. The van der Waals surface area contributed by atoms with E-state index in [9.17, 15) is 18.4 Å². The van der Waals surface area contributed by atoms with Gasteiger partial charge in [0.2, 0.25) is 5.95 Å². The maximum atomic E-state index is 14.8. The summed E-state index contributed by atoms with van der Waals surface area (Å²) in [6.45, 7) is 2.28. The van der Waals surface area contributed by atoms with Gasteiger partial charge in [-0.2, -0.15) is 5.10 Å². The van der Waals surface area contributed by atoms with Gasteiger partial charge in [0.25, 0.3) is 5.56 Å². The number of urea groups is 1. The SMILES string of the molecule is CCNC(=O)Nc1nc2cc(-c3cc(Cc4n[nH]c(=O)c5ccc(F)cc45)ccc3F)ccc2[nH]1. The van der Waals surface area contributed by atoms with Crippen molar-refractivity contribution in [3.63, 3.8) is 0 Å². The summed E-state index contributed by atoms with van der Waals surface area (Å²) in [5, 5.41) is 12.5. The van der Waals surface area contributed by atoms with Crippen molar-refractivity contribution in [1.82, 2.24) is 25.5 Å². The van der Waals surface area contributed by atoms with Crippen LogP contribution in [0.25, 0.3) is 32.9 Å². The highest BCUT2D eigenvalue weighted by Crippen LogP contribution is 2.28. The lowest BCUT2D eigenvalue weighted by atomic mass is 9.98. The van der Waals surface area contributed by atoms with E-state index >= 15 is 0 Å². The van der Waals surface area contributed by atoms with Crippen molar-refractivity contribution in [2.45, 2.75) is 13.3 Å². The molecule has 4 N–H and O–H groups in total. The zero-order valence-electron chi connectivity index (χ0n) is 18.6. The molecule has 5 aromatic rings. The number of fused-ring (bicyclic) bond motifs is 2. The summed E-state index contributed by atoms with van der Waals surface area (Å²) in [7, 11) is 0. The van der Waals surface area contributed by atoms with Gasteiger partial charge in [-0.05, 0) is 60.5 Å². The molecule has 0 saturated heterocycles. The molecule has 0 aliphatic heterocycles. The number of aromatic amines is 2. The van der Waals surface area contributed by atoms with Crippen LogP contribution in [0.2, 0.25) is 0 Å². The summed E-state index contributed by atoms with van der Waals surface area (Å²) in [5.41, 5.74) is 2.99. The molecular weight excluding hydrogens is 454 g/mol. The minimum atomic E-state index is -0.473. The maximum Gasteiger partial charge on any atom is 0.321 e. The molecule has 0 unspecified atom stereocenters. The fraction of sp³-hybridized carbons (Fsp3) is 0.120. The van der Waals surface area contributed by atoms with Gasteiger partial charge < -0.3 is 10.3 Å². The molecule has 0 aliphatic carbocycles. The highest BCUT2D eigenvalue weighted by molar-refractivity contribution is 5.91. The average Bonchev–Trinajstić information content (AvgIpc) is 3.23. The number of carbonyl (C=O) groups excluding carboxylic acids is 1. The van der Waals surface area contributed by atoms with Crippen molar-refractivity contribution in [1.29, 1.82) is 0 Å². The van der Waals surface area contributed by atoms with E-state index in [2.05, 4.69) is 30.8 Å². The number of hydrogen-bond acceptors (Lipinski definition) is 4. The van der Waals surface area contributed by atoms with Crippen LogP contribution in [0.15, 0.2) is 59.4 Å². The summed E-state index contributed by atoms with van der Waals surface area (Å²) in [6.07, 6.45) is 0.259. The van der Waals surface area contributed by atoms with Gasteiger partial charge in [-0.25, -0.2) is 23.7 Å². The van der Waals surface area contributed by atoms with Gasteiger partial charge in [0, 0.05) is 23.9 Å². The first-order valence-electron chi connectivity index (χ1n) is 10.9. The van der Waals surface area contributed by atoms with Crippen LogP contribution in [0.1, 0.15) is 18.2 Å². The van der Waals surface area contributed by atoms with E-state index < -0.39 is 17.2 Å². The van der Waals surface area contributed by atoms with Gasteiger partial charge in [-0.3, -0.25) is 10.1 Å². The van der Waals surface area contributed by atoms with Gasteiger partial charge >= 0.3 is 6.03 Å². The third-order valence-corrected chi connectivity index (χ3v) is 5.60. The highest BCUT2D eigenvalue weighted by Gasteiger charge is 2.13. The van der Waals surface area contributed by atoms with E-state index in [-0.39, 0.29) is 18.4 Å². The Hall–Kier alpha value is -4.60. The van der Waals surface area contributed by atoms with Gasteiger partial charge in [-0.15, -0.1) is 0 Å². The molecule has 2 aromatic heterocycles. The number of hydrogen-bond donors (Lipinski definition) is 4. The van der Waals surface area contributed by atoms with Crippen molar-refractivity contribution in [3.05, 3.63) is 87.8 Å². The molecule has 8 nitrogen and oxygen atoms in total. The van der Waals surface area contributed by atoms with Crippen molar-refractivity contribution in [3.8, 4) is 11.1 Å². The van der Waals surface area contributed by atoms with Crippen LogP contribution < -0.4 is 16.2 Å². The smallest absolute Gasteiger partial charge is 0.321 e. The van der Waals surface area contributed by atoms with Crippen LogP contribution >= 0.6 is 0 Å². The first-order valence-corrected chi connectivity index (χ1v) is 10.9. The zero-order chi connectivity index (χ0) is 24.5. The quantitative estimate of drug-likeness (QED) is 0.301. The predicted molar refractivity (Wildman–Crippen MR) is 129 cm³/mol. The topological polar surface area (TPSA) is 116 Å². The monoisotopic (exact) mass is 474 g/mol. The van der Waals surface area contributed by atoms with E-state index in [0.29, 0.717) is 45.2 Å². The third kappa shape index (κ3) is 4.45. The second-order valence-corrected chi connectivity index (χ2v) is 7.98. The summed E-state index contributed by atoms with van der Waals surface area (Å²) in [6, 6.07) is 13.4. The Balaban J connectivity index is 1.49. The Morgan fingerprint density at radius 3 is 2.71 bits per heavy atom. The third-order valence-electron chi connectivity index (χ3n) is 5.60. The normalized spacial score (nSPS) is 11.2. The van der Waals surface area contributed by atoms with E-state index in [4.69, 9.17) is 0 Å². The minimum absolute atomic E-state index is 0.259. The largest absolute Gasteiger partial charge is 0.338 e. The Kier molecular flexibility index (Phi) is 5.69. The molecule has 35 heavy (non-hydrogen) atoms. The number of nitrogens with zero attached hydrogens (tertiary/aromatic N) is 2. The number of H-pyrrole nitrogens is 2. The average molecular weight is 474 g/mol. The Labute approximate surface area is 197 Å². The number of nitrogens with one attached hydrogen (secondary N) is 4. The fourth-order valence-electron chi connectivity index (χ4n) is 3.97. The van der Waals surface area contributed by atoms with Crippen molar-refractivity contribution in [2.75, 3.05) is 11.9 Å². The van der Waals surface area contributed by atoms with Crippen LogP contribution in [0.4, 0.5) is 19.5 Å². The number of halogens is 2. The lowest BCUT2D eigenvalue weighted by Crippen LogP contribution is -2.28. The van der Waals surface area contributed by atoms with Crippen LogP contribution in [0.5, 0.6) is 0 Å². The predicted octanol–water partition coefficient (Wildman–Crippen LogP) is 4.48. The molecular formula is C25H20F2N6O2. The maximum absolute atomic E-state index is 14.8. The second kappa shape index (κ2) is 8.98. The Bertz CT molecular complexity index is 1640. The molecule has 0 fully saturated rings. The molecule has 10 heteroatoms. The van der Waals surface area contributed by atoms with Crippen LogP contribution in [-0.2, 0) is 6.42 Å². The van der Waals surface area contributed by atoms with Crippen molar-refractivity contribution >= 4 is 33.8 Å². The molecule has 2 heterocycles. The highest BCUT2D eigenvalue weighted by atomic mass is 19.1. The molecule has 2 amide bonds. The lowest BCUT2D eigenvalue weighted by molar-refractivity contribution is 0.252. The van der Waals surface area contributed by atoms with Gasteiger partial charge in [0.05, 0.1) is 22.1 Å². The number of anilines is 1. The van der Waals surface area contributed by atoms with Crippen molar-refractivity contribution in [2.24, 2.45) is 0 Å². The van der Waals surface area contributed by atoms with Gasteiger partial charge in [-0.1, -0.05) is 12.1 Å². The minimum Gasteiger partial charge on any atom is -0.338 e. The summed E-state index contributed by atoms with van der Waals surface area (Å²) in [5.74, 6) is -0.616. The second-order valence-electron chi connectivity index (χ2n) is 7.98. The van der Waals surface area contributed by atoms with Gasteiger partial charge in [0.15, 0.2) is 0 Å². The molecule has 0 radical (unpaired) electrons. The molecule has 0 spiro atoms. The number of imidazole rings is 1. The van der Waals surface area contributed by atoms with Crippen molar-refractivity contribution < 1.29 is 13.6 Å². The van der Waals surface area contributed by atoms with Crippen LogP contribution in [0.3, 0.4) is 0 Å². The zero-order valence-corrected chi connectivity index (χ0v) is 18.6.